The Morgan fingerprint density at radius 2 is 1.80 bits per heavy atom. The Morgan fingerprint density at radius 3 is 2.54 bits per heavy atom. The fourth-order valence-electron chi connectivity index (χ4n) is 8.64. The van der Waals surface area contributed by atoms with Crippen molar-refractivity contribution < 1.29 is 46.5 Å². The van der Waals surface area contributed by atoms with E-state index >= 15 is 0 Å². The van der Waals surface area contributed by atoms with E-state index < -0.39 is 55.7 Å². The van der Waals surface area contributed by atoms with Crippen LogP contribution in [0.4, 0.5) is 0 Å². The predicted octanol–water partition coefficient (Wildman–Crippen LogP) is 5.68. The lowest BCUT2D eigenvalue weighted by Gasteiger charge is -2.32. The van der Waals surface area contributed by atoms with Gasteiger partial charge >= 0.3 is 5.97 Å². The van der Waals surface area contributed by atoms with Gasteiger partial charge in [0.1, 0.15) is 24.9 Å². The Bertz CT molecular complexity index is 2040. The molecule has 13 nitrogen and oxygen atoms in total. The fraction of sp³-hybridized carbons (Fsp3) is 0.643. The van der Waals surface area contributed by atoms with Crippen LogP contribution in [0.5, 0.6) is 17.4 Å². The molecule has 2 aliphatic carbocycles. The summed E-state index contributed by atoms with van der Waals surface area (Å²) >= 11 is 0. The molecule has 1 unspecified atom stereocenters. The van der Waals surface area contributed by atoms with Crippen molar-refractivity contribution in [3.8, 4) is 17.4 Å². The Hall–Kier alpha value is -4.20. The van der Waals surface area contributed by atoms with Crippen molar-refractivity contribution >= 4 is 44.4 Å². The van der Waals surface area contributed by atoms with Crippen molar-refractivity contribution in [2.75, 3.05) is 19.8 Å². The van der Waals surface area contributed by atoms with Crippen molar-refractivity contribution in [1.29, 1.82) is 0 Å². The molecule has 0 bridgehead atoms. The Morgan fingerprint density at radius 1 is 1.05 bits per heavy atom. The third-order valence-corrected chi connectivity index (χ3v) is 14.5. The Kier molecular flexibility index (Phi) is 10.7. The summed E-state index contributed by atoms with van der Waals surface area (Å²) in [7, 11) is -3.96. The van der Waals surface area contributed by atoms with Gasteiger partial charge in [-0.25, -0.2) is 13.4 Å². The van der Waals surface area contributed by atoms with Crippen LogP contribution in [0.25, 0.3) is 10.8 Å². The zero-order chi connectivity index (χ0) is 40.2. The second-order valence-corrected chi connectivity index (χ2v) is 20.2. The van der Waals surface area contributed by atoms with Gasteiger partial charge in [-0.05, 0) is 102 Å². The predicted molar refractivity (Wildman–Crippen MR) is 207 cm³/mol. The number of amides is 2. The monoisotopic (exact) mass is 793 g/mol. The maximum Gasteiger partial charge on any atom is 0.307 e. The van der Waals surface area contributed by atoms with Crippen LogP contribution in [0.3, 0.4) is 0 Å². The lowest BCUT2D eigenvalue weighted by molar-refractivity contribution is -0.160. The van der Waals surface area contributed by atoms with Crippen LogP contribution in [0.2, 0.25) is 0 Å². The third kappa shape index (κ3) is 8.13. The summed E-state index contributed by atoms with van der Waals surface area (Å²) in [6.07, 6.45) is 8.06. The number of nitrogens with one attached hydrogen (secondary N) is 1. The van der Waals surface area contributed by atoms with E-state index in [1.807, 2.05) is 31.2 Å². The minimum atomic E-state index is -3.96. The second-order valence-electron chi connectivity index (χ2n) is 18.0. The number of ether oxygens (including phenoxy) is 4. The van der Waals surface area contributed by atoms with E-state index in [0.29, 0.717) is 61.7 Å². The first-order chi connectivity index (χ1) is 26.4. The molecule has 1 N–H and O–H groups in total. The molecule has 304 valence electrons. The number of nitrogens with zero attached hydrogens (tertiary/aromatic N) is 2. The van der Waals surface area contributed by atoms with Gasteiger partial charge in [0.2, 0.25) is 27.7 Å². The summed E-state index contributed by atoms with van der Waals surface area (Å²) in [6.45, 7) is 11.9. The molecule has 5 aliphatic rings. The molecule has 1 saturated heterocycles. The van der Waals surface area contributed by atoms with Gasteiger partial charge in [0, 0.05) is 29.8 Å². The van der Waals surface area contributed by atoms with Crippen LogP contribution < -0.4 is 18.9 Å². The van der Waals surface area contributed by atoms with E-state index in [-0.39, 0.29) is 55.3 Å². The average Bonchev–Trinajstić information content (AvgIpc) is 4.01. The Balaban J connectivity index is 1.22. The van der Waals surface area contributed by atoms with Crippen LogP contribution in [0.1, 0.15) is 99.3 Å². The fourth-order valence-corrected chi connectivity index (χ4v) is 9.97. The topological polar surface area (TPSA) is 168 Å². The number of benzene rings is 1. The second kappa shape index (κ2) is 14.9. The van der Waals surface area contributed by atoms with Crippen LogP contribution in [0.15, 0.2) is 36.5 Å². The summed E-state index contributed by atoms with van der Waals surface area (Å²) in [6, 6.07) is 4.47. The molecule has 1 aromatic carbocycles. The summed E-state index contributed by atoms with van der Waals surface area (Å²) in [5.41, 5.74) is -2.03. The zero-order valence-electron chi connectivity index (χ0n) is 33.3. The van der Waals surface area contributed by atoms with Crippen LogP contribution in [0, 0.1) is 29.1 Å². The van der Waals surface area contributed by atoms with Gasteiger partial charge in [-0.3, -0.25) is 23.9 Å². The van der Waals surface area contributed by atoms with Crippen molar-refractivity contribution in [2.45, 2.75) is 122 Å². The van der Waals surface area contributed by atoms with Gasteiger partial charge in [-0.1, -0.05) is 26.0 Å². The maximum atomic E-state index is 14.9. The SMILES string of the molecule is C[C@H]1CC/C=C\[C@@H]2C[C@@]2(C(=O)NS(=O)(=O)C2(C)CC2)CC(=O)[C@@H]2CC(Oc3nccc4c5c(ccc34)OCCO5)CN2C(=O)[C@@H](CC(=O)OC(C)(C)C)[C@H](C)C1. The van der Waals surface area contributed by atoms with Crippen LogP contribution in [-0.2, 0) is 33.9 Å². The molecule has 56 heavy (non-hydrogen) atoms. The third-order valence-electron chi connectivity index (χ3n) is 12.3. The molecule has 3 fully saturated rings. The number of Topliss-reactive ketones (excluding diaryl/α,β-unsaturated/α-hetero) is 1. The number of allylic oxidation sites excluding steroid dienone is 2. The number of rotatable bonds is 7. The first kappa shape index (κ1) is 40.0. The van der Waals surface area contributed by atoms with Crippen molar-refractivity contribution in [2.24, 2.45) is 29.1 Å². The molecular weight excluding hydrogens is 739 g/mol. The molecular formula is C42H55N3O10S. The van der Waals surface area contributed by atoms with Crippen LogP contribution >= 0.6 is 0 Å². The highest BCUT2D eigenvalue weighted by Gasteiger charge is 2.62. The number of ketones is 1. The number of hydrogen-bond donors (Lipinski definition) is 1. The molecule has 14 heteroatoms. The van der Waals surface area contributed by atoms with Crippen molar-refractivity contribution in [1.82, 2.24) is 14.6 Å². The molecule has 0 spiro atoms. The highest BCUT2D eigenvalue weighted by molar-refractivity contribution is 7.91. The number of carbonyl (C=O) groups is 4. The van der Waals surface area contributed by atoms with E-state index in [1.165, 1.54) is 4.90 Å². The van der Waals surface area contributed by atoms with E-state index in [1.54, 1.807) is 40.0 Å². The number of fused-ring (bicyclic) bond motifs is 5. The quantitative estimate of drug-likeness (QED) is 0.271. The molecule has 3 aliphatic heterocycles. The number of aromatic nitrogens is 1. The van der Waals surface area contributed by atoms with Gasteiger partial charge in [0.25, 0.3) is 0 Å². The largest absolute Gasteiger partial charge is 0.486 e. The lowest BCUT2D eigenvalue weighted by Crippen LogP contribution is -2.48. The van der Waals surface area contributed by atoms with Gasteiger partial charge in [0.05, 0.1) is 35.1 Å². The molecule has 2 amide bonds. The normalized spacial score (nSPS) is 30.9. The van der Waals surface area contributed by atoms with E-state index in [4.69, 9.17) is 18.9 Å². The number of hydrogen-bond acceptors (Lipinski definition) is 11. The van der Waals surface area contributed by atoms with Crippen LogP contribution in [-0.4, -0.2) is 84.1 Å². The standard InChI is InChI=1S/C42H55N3O10S/c1-25-9-7-8-10-27-22-42(27,39(49)44-56(50,51)41(6)14-15-41)23-33(46)32-20-28(24-45(32)38(48)31(26(2)19-25)21-35(47)55-40(3,4)5)54-37-30-11-12-34-36(53-18-17-52-34)29(30)13-16-43-37/h8,10-13,16,25-28,31-32H,7,9,14-15,17-24H2,1-6H3,(H,44,49)/b10-8-/t25-,26+,27+,28?,31-,32-,42+/m0/s1. The van der Waals surface area contributed by atoms with Gasteiger partial charge in [0.15, 0.2) is 17.3 Å². The van der Waals surface area contributed by atoms with E-state index in [2.05, 4.69) is 16.6 Å². The molecule has 0 radical (unpaired) electrons. The molecule has 4 heterocycles. The first-order valence-electron chi connectivity index (χ1n) is 20.0. The highest BCUT2D eigenvalue weighted by atomic mass is 32.2. The summed E-state index contributed by atoms with van der Waals surface area (Å²) in [5, 5.41) is 1.43. The lowest BCUT2D eigenvalue weighted by atomic mass is 9.82. The molecule has 2 saturated carbocycles. The summed E-state index contributed by atoms with van der Waals surface area (Å²) in [5.74, 6) is -1.50. The van der Waals surface area contributed by atoms with Crippen molar-refractivity contribution in [3.63, 3.8) is 0 Å². The van der Waals surface area contributed by atoms with E-state index in [0.717, 1.165) is 18.2 Å². The minimum absolute atomic E-state index is 0.0419. The molecule has 1 aromatic heterocycles. The molecule has 2 aromatic rings. The average molecular weight is 794 g/mol. The highest BCUT2D eigenvalue weighted by Crippen LogP contribution is 2.58. The smallest absolute Gasteiger partial charge is 0.307 e. The zero-order valence-corrected chi connectivity index (χ0v) is 34.1. The number of carbonyl (C=O) groups excluding carboxylic acids is 4. The summed E-state index contributed by atoms with van der Waals surface area (Å²) < 4.78 is 51.8. The van der Waals surface area contributed by atoms with Gasteiger partial charge in [-0.15, -0.1) is 0 Å². The van der Waals surface area contributed by atoms with E-state index in [9.17, 15) is 27.6 Å². The van der Waals surface area contributed by atoms with Crippen molar-refractivity contribution in [3.05, 3.63) is 36.5 Å². The van der Waals surface area contributed by atoms with Gasteiger partial charge in [-0.2, -0.15) is 0 Å². The minimum Gasteiger partial charge on any atom is -0.486 e. The Labute approximate surface area is 329 Å². The number of pyridine rings is 1. The maximum absolute atomic E-state index is 14.9. The first-order valence-corrected chi connectivity index (χ1v) is 21.5. The number of sulfonamides is 1. The summed E-state index contributed by atoms with van der Waals surface area (Å²) in [4.78, 5) is 63.0. The van der Waals surface area contributed by atoms with Gasteiger partial charge < -0.3 is 23.8 Å². The molecule has 7 atom stereocenters. The number of esters is 1. The molecule has 7 rings (SSSR count).